The molecule has 0 aliphatic carbocycles. The van der Waals surface area contributed by atoms with Gasteiger partial charge in [0.05, 0.1) is 0 Å². The highest BCUT2D eigenvalue weighted by Crippen LogP contribution is 2.16. The van der Waals surface area contributed by atoms with Crippen LogP contribution >= 0.6 is 0 Å². The van der Waals surface area contributed by atoms with Gasteiger partial charge in [0.25, 0.3) is 0 Å². The summed E-state index contributed by atoms with van der Waals surface area (Å²) < 4.78 is 5.38. The summed E-state index contributed by atoms with van der Waals surface area (Å²) in [7, 11) is 0. The molecule has 0 saturated carbocycles. The number of hydrazine groups is 1. The lowest BCUT2D eigenvalue weighted by molar-refractivity contribution is 0.241. The number of urea groups is 1. The predicted octanol–water partition coefficient (Wildman–Crippen LogP) is 0.852. The average molecular weight is 234 g/mol. The Kier molecular flexibility index (Phi) is 3.24. The number of fused-ring (bicyclic) bond motifs is 1. The monoisotopic (exact) mass is 234 g/mol. The molecule has 90 valence electrons. The van der Waals surface area contributed by atoms with E-state index in [2.05, 4.69) is 10.3 Å². The summed E-state index contributed by atoms with van der Waals surface area (Å²) in [5.74, 6) is 5.59. The molecule has 6 heteroatoms. The maximum atomic E-state index is 10.8. The highest BCUT2D eigenvalue weighted by Gasteiger charge is 2.03. The molecule has 0 spiro atoms. The number of oxazole rings is 1. The largest absolute Gasteiger partial charge is 0.441 e. The molecule has 0 saturated heterocycles. The second-order valence-corrected chi connectivity index (χ2v) is 3.69. The molecule has 1 aromatic heterocycles. The maximum Gasteiger partial charge on any atom is 0.328 e. The van der Waals surface area contributed by atoms with Crippen molar-refractivity contribution in [1.29, 1.82) is 0 Å². The van der Waals surface area contributed by atoms with Gasteiger partial charge in [-0.2, -0.15) is 0 Å². The van der Waals surface area contributed by atoms with E-state index < -0.39 is 0 Å². The number of hydrogen-bond donors (Lipinski definition) is 3. The number of aryl methyl sites for hydroxylation is 1. The number of nitrogens with zero attached hydrogens (tertiary/aromatic N) is 1. The van der Waals surface area contributed by atoms with Gasteiger partial charge in [0.15, 0.2) is 11.5 Å². The third-order valence-electron chi connectivity index (χ3n) is 2.39. The Bertz CT molecular complexity index is 535. The summed E-state index contributed by atoms with van der Waals surface area (Å²) in [6.45, 7) is 2.33. The normalized spacial score (nSPS) is 10.5. The summed E-state index contributed by atoms with van der Waals surface area (Å²) in [5, 5.41) is 2.62. The van der Waals surface area contributed by atoms with Gasteiger partial charge in [-0.25, -0.2) is 15.6 Å². The molecule has 1 heterocycles. The van der Waals surface area contributed by atoms with Gasteiger partial charge in [0, 0.05) is 13.5 Å². The first-order chi connectivity index (χ1) is 8.19. The molecule has 0 atom stereocenters. The second-order valence-electron chi connectivity index (χ2n) is 3.69. The van der Waals surface area contributed by atoms with E-state index in [4.69, 9.17) is 10.3 Å². The SMILES string of the molecule is Cc1nc2cc(CCNC(=O)NN)ccc2o1. The topological polar surface area (TPSA) is 93.2 Å². The molecule has 0 radical (unpaired) electrons. The van der Waals surface area contributed by atoms with Gasteiger partial charge >= 0.3 is 6.03 Å². The summed E-state index contributed by atoms with van der Waals surface area (Å²) in [4.78, 5) is 15.1. The van der Waals surface area contributed by atoms with E-state index in [0.29, 0.717) is 12.4 Å². The molecular weight excluding hydrogens is 220 g/mol. The first-order valence-corrected chi connectivity index (χ1v) is 5.29. The molecule has 0 fully saturated rings. The quantitative estimate of drug-likeness (QED) is 0.417. The van der Waals surface area contributed by atoms with Crippen LogP contribution < -0.4 is 16.6 Å². The molecule has 0 aliphatic heterocycles. The number of amides is 2. The molecule has 2 rings (SSSR count). The summed E-state index contributed by atoms with van der Waals surface area (Å²) in [6.07, 6.45) is 0.718. The maximum absolute atomic E-state index is 10.8. The van der Waals surface area contributed by atoms with E-state index in [1.54, 1.807) is 0 Å². The molecule has 6 nitrogen and oxygen atoms in total. The number of nitrogens with two attached hydrogens (primary N) is 1. The Morgan fingerprint density at radius 3 is 3.12 bits per heavy atom. The molecule has 0 unspecified atom stereocenters. The fraction of sp³-hybridized carbons (Fsp3) is 0.273. The zero-order valence-corrected chi connectivity index (χ0v) is 9.49. The molecular formula is C11H14N4O2. The Balaban J connectivity index is 2.01. The number of nitrogens with one attached hydrogen (secondary N) is 2. The van der Waals surface area contributed by atoms with Crippen molar-refractivity contribution in [3.63, 3.8) is 0 Å². The second kappa shape index (κ2) is 4.84. The Hall–Kier alpha value is -2.08. The molecule has 17 heavy (non-hydrogen) atoms. The molecule has 2 amide bonds. The van der Waals surface area contributed by atoms with Crippen LogP contribution in [0.5, 0.6) is 0 Å². The van der Waals surface area contributed by atoms with Crippen LogP contribution in [0.25, 0.3) is 11.1 Å². The number of rotatable bonds is 3. The van der Waals surface area contributed by atoms with Crippen molar-refractivity contribution >= 4 is 17.1 Å². The van der Waals surface area contributed by atoms with Crippen LogP contribution in [-0.2, 0) is 6.42 Å². The van der Waals surface area contributed by atoms with E-state index in [9.17, 15) is 4.79 Å². The molecule has 1 aromatic carbocycles. The third kappa shape index (κ3) is 2.73. The van der Waals surface area contributed by atoms with E-state index in [1.807, 2.05) is 30.5 Å². The van der Waals surface area contributed by atoms with E-state index in [0.717, 1.165) is 23.1 Å². The van der Waals surface area contributed by atoms with Crippen LogP contribution in [0.4, 0.5) is 4.79 Å². The third-order valence-corrected chi connectivity index (χ3v) is 2.39. The van der Waals surface area contributed by atoms with Gasteiger partial charge in [-0.3, -0.25) is 5.43 Å². The molecule has 0 bridgehead atoms. The summed E-state index contributed by atoms with van der Waals surface area (Å²) in [6, 6.07) is 5.40. The standard InChI is InChI=1S/C11H14N4O2/c1-7-14-9-6-8(2-3-10(9)17-7)4-5-13-11(16)15-12/h2-3,6H,4-5,12H2,1H3,(H2,13,15,16). The van der Waals surface area contributed by atoms with Gasteiger partial charge in [-0.1, -0.05) is 6.07 Å². The summed E-state index contributed by atoms with van der Waals surface area (Å²) >= 11 is 0. The van der Waals surface area contributed by atoms with Crippen LogP contribution in [0.1, 0.15) is 11.5 Å². The highest BCUT2D eigenvalue weighted by molar-refractivity contribution is 5.74. The lowest BCUT2D eigenvalue weighted by atomic mass is 10.1. The zero-order chi connectivity index (χ0) is 12.3. The van der Waals surface area contributed by atoms with Crippen LogP contribution in [0.15, 0.2) is 22.6 Å². The molecule has 4 N–H and O–H groups in total. The Labute approximate surface area is 98.2 Å². The number of benzene rings is 1. The minimum atomic E-state index is -0.386. The average Bonchev–Trinajstić information content (AvgIpc) is 2.68. The van der Waals surface area contributed by atoms with Crippen molar-refractivity contribution in [3.05, 3.63) is 29.7 Å². The summed E-state index contributed by atoms with van der Waals surface area (Å²) in [5.41, 5.74) is 4.71. The van der Waals surface area contributed by atoms with Crippen molar-refractivity contribution in [1.82, 2.24) is 15.7 Å². The first-order valence-electron chi connectivity index (χ1n) is 5.29. The zero-order valence-electron chi connectivity index (χ0n) is 9.49. The highest BCUT2D eigenvalue weighted by atomic mass is 16.3. The minimum absolute atomic E-state index is 0.386. The fourth-order valence-corrected chi connectivity index (χ4v) is 1.62. The van der Waals surface area contributed by atoms with Crippen molar-refractivity contribution in [2.45, 2.75) is 13.3 Å². The van der Waals surface area contributed by atoms with Gasteiger partial charge in [0.2, 0.25) is 0 Å². The van der Waals surface area contributed by atoms with Crippen LogP contribution in [0.2, 0.25) is 0 Å². The van der Waals surface area contributed by atoms with Gasteiger partial charge in [-0.05, 0) is 24.1 Å². The van der Waals surface area contributed by atoms with Gasteiger partial charge in [0.1, 0.15) is 5.52 Å². The van der Waals surface area contributed by atoms with Gasteiger partial charge < -0.3 is 9.73 Å². The lowest BCUT2D eigenvalue weighted by Crippen LogP contribution is -2.40. The number of aromatic nitrogens is 1. The Morgan fingerprint density at radius 1 is 1.53 bits per heavy atom. The molecule has 2 aromatic rings. The van der Waals surface area contributed by atoms with Crippen molar-refractivity contribution in [2.24, 2.45) is 5.84 Å². The van der Waals surface area contributed by atoms with Crippen LogP contribution in [0, 0.1) is 6.92 Å². The first kappa shape index (κ1) is 11.4. The van der Waals surface area contributed by atoms with E-state index >= 15 is 0 Å². The van der Waals surface area contributed by atoms with Crippen LogP contribution in [0.3, 0.4) is 0 Å². The number of hydrogen-bond acceptors (Lipinski definition) is 4. The minimum Gasteiger partial charge on any atom is -0.441 e. The van der Waals surface area contributed by atoms with Crippen molar-refractivity contribution < 1.29 is 9.21 Å². The van der Waals surface area contributed by atoms with Gasteiger partial charge in [-0.15, -0.1) is 0 Å². The van der Waals surface area contributed by atoms with Crippen molar-refractivity contribution in [2.75, 3.05) is 6.54 Å². The van der Waals surface area contributed by atoms with E-state index in [1.165, 1.54) is 0 Å². The lowest BCUT2D eigenvalue weighted by Gasteiger charge is -2.03. The Morgan fingerprint density at radius 2 is 2.35 bits per heavy atom. The molecule has 0 aliphatic rings. The van der Waals surface area contributed by atoms with Crippen molar-refractivity contribution in [3.8, 4) is 0 Å². The fourth-order valence-electron chi connectivity index (χ4n) is 1.62. The predicted molar refractivity (Wildman–Crippen MR) is 63.2 cm³/mol. The number of carbonyl (C=O) groups is 1. The van der Waals surface area contributed by atoms with Crippen LogP contribution in [-0.4, -0.2) is 17.6 Å². The van der Waals surface area contributed by atoms with E-state index in [-0.39, 0.29) is 6.03 Å². The number of carbonyl (C=O) groups excluding carboxylic acids is 1. The smallest absolute Gasteiger partial charge is 0.328 e.